The van der Waals surface area contributed by atoms with Crippen LogP contribution in [-0.4, -0.2) is 4.98 Å². The minimum absolute atomic E-state index is 0.838. The van der Waals surface area contributed by atoms with Gasteiger partial charge in [0, 0.05) is 39.6 Å². The first kappa shape index (κ1) is 21.7. The van der Waals surface area contributed by atoms with Crippen molar-refractivity contribution in [3.05, 3.63) is 134 Å². The Morgan fingerprint density at radius 3 is 1.49 bits per heavy atom. The van der Waals surface area contributed by atoms with Crippen LogP contribution in [0.15, 0.2) is 143 Å². The average Bonchev–Trinajstić information content (AvgIpc) is 3.58. The van der Waals surface area contributed by atoms with Gasteiger partial charge in [-0.1, -0.05) is 72.8 Å². The molecule has 0 fully saturated rings. The summed E-state index contributed by atoms with van der Waals surface area (Å²) in [5.74, 6) is 0. The molecule has 184 valence electrons. The molecule has 0 saturated heterocycles. The Hall–Kier alpha value is -5.35. The van der Waals surface area contributed by atoms with Crippen LogP contribution in [0, 0.1) is 0 Å². The Morgan fingerprint density at radius 1 is 0.436 bits per heavy atom. The van der Waals surface area contributed by atoms with Crippen molar-refractivity contribution in [3.63, 3.8) is 0 Å². The van der Waals surface area contributed by atoms with Crippen LogP contribution in [-0.2, 0) is 0 Å². The van der Waals surface area contributed by atoms with Gasteiger partial charge >= 0.3 is 0 Å². The number of hydrogen-bond acceptors (Lipinski definition) is 4. The number of nitrogens with zero attached hydrogens (tertiary/aromatic N) is 2. The van der Waals surface area contributed by atoms with E-state index in [1.54, 1.807) is 0 Å². The first-order chi connectivity index (χ1) is 19.3. The Morgan fingerprint density at radius 2 is 0.923 bits per heavy atom. The summed E-state index contributed by atoms with van der Waals surface area (Å²) in [5.41, 5.74) is 8.59. The number of para-hydroxylation sites is 4. The van der Waals surface area contributed by atoms with E-state index in [1.807, 2.05) is 48.8 Å². The summed E-state index contributed by atoms with van der Waals surface area (Å²) in [4.78, 5) is 6.40. The van der Waals surface area contributed by atoms with E-state index in [0.29, 0.717) is 0 Å². The lowest BCUT2D eigenvalue weighted by Crippen LogP contribution is -2.10. The summed E-state index contributed by atoms with van der Waals surface area (Å²) in [6.45, 7) is 0. The van der Waals surface area contributed by atoms with Gasteiger partial charge in [0.25, 0.3) is 0 Å². The number of aromatic nitrogens is 1. The van der Waals surface area contributed by atoms with E-state index in [0.717, 1.165) is 72.1 Å². The highest BCUT2D eigenvalue weighted by atomic mass is 16.3. The fraction of sp³-hybridized carbons (Fsp3) is 0. The highest BCUT2D eigenvalue weighted by Gasteiger charge is 2.23. The molecular formula is C35H22N2O2. The summed E-state index contributed by atoms with van der Waals surface area (Å²) < 4.78 is 13.0. The van der Waals surface area contributed by atoms with Crippen molar-refractivity contribution < 1.29 is 8.83 Å². The zero-order valence-electron chi connectivity index (χ0n) is 20.9. The van der Waals surface area contributed by atoms with E-state index >= 15 is 0 Å². The molecule has 0 radical (unpaired) electrons. The Labute approximate surface area is 224 Å². The second kappa shape index (κ2) is 8.61. The van der Waals surface area contributed by atoms with Gasteiger partial charge in [0.1, 0.15) is 11.2 Å². The lowest BCUT2D eigenvalue weighted by Gasteiger charge is -2.25. The quantitative estimate of drug-likeness (QED) is 0.240. The zero-order chi connectivity index (χ0) is 25.8. The largest absolute Gasteiger partial charge is 0.454 e. The highest BCUT2D eigenvalue weighted by molar-refractivity contribution is 6.13. The van der Waals surface area contributed by atoms with Crippen molar-refractivity contribution in [2.75, 3.05) is 4.90 Å². The summed E-state index contributed by atoms with van der Waals surface area (Å²) >= 11 is 0. The zero-order valence-corrected chi connectivity index (χ0v) is 20.9. The van der Waals surface area contributed by atoms with E-state index in [9.17, 15) is 0 Å². The third kappa shape index (κ3) is 3.42. The number of pyridine rings is 1. The van der Waals surface area contributed by atoms with Crippen molar-refractivity contribution in [1.82, 2.24) is 4.98 Å². The Balaban J connectivity index is 1.40. The molecule has 0 aliphatic heterocycles. The molecule has 4 heteroatoms. The molecule has 0 aliphatic rings. The third-order valence-corrected chi connectivity index (χ3v) is 7.39. The number of furan rings is 2. The molecule has 5 aromatic carbocycles. The first-order valence-electron chi connectivity index (χ1n) is 13.0. The van der Waals surface area contributed by atoms with Crippen LogP contribution in [0.3, 0.4) is 0 Å². The van der Waals surface area contributed by atoms with Gasteiger partial charge in [-0.05, 0) is 59.7 Å². The summed E-state index contributed by atoms with van der Waals surface area (Å²) in [7, 11) is 0. The highest BCUT2D eigenvalue weighted by Crippen LogP contribution is 2.45. The SMILES string of the molecule is c1ccc2c(c1)oc1c(N(c3ccc(-c4ccncc4)cc3)c3cccc4c3oc3ccccc34)cccc12. The first-order valence-corrected chi connectivity index (χ1v) is 13.0. The van der Waals surface area contributed by atoms with Crippen LogP contribution in [0.2, 0.25) is 0 Å². The topological polar surface area (TPSA) is 42.4 Å². The molecule has 8 rings (SSSR count). The van der Waals surface area contributed by atoms with Crippen molar-refractivity contribution in [3.8, 4) is 11.1 Å². The molecule has 0 N–H and O–H groups in total. The van der Waals surface area contributed by atoms with Gasteiger partial charge in [-0.15, -0.1) is 0 Å². The van der Waals surface area contributed by atoms with Crippen LogP contribution in [0.25, 0.3) is 55.0 Å². The Kier molecular flexibility index (Phi) is 4.79. The minimum Gasteiger partial charge on any atom is -0.454 e. The van der Waals surface area contributed by atoms with Gasteiger partial charge in [0.05, 0.1) is 11.4 Å². The molecule has 3 heterocycles. The third-order valence-electron chi connectivity index (χ3n) is 7.39. The maximum atomic E-state index is 6.49. The van der Waals surface area contributed by atoms with Gasteiger partial charge in [-0.25, -0.2) is 0 Å². The molecule has 3 aromatic heterocycles. The maximum absolute atomic E-state index is 6.49. The number of benzene rings is 5. The molecule has 0 amide bonds. The van der Waals surface area contributed by atoms with Crippen LogP contribution in [0.5, 0.6) is 0 Å². The van der Waals surface area contributed by atoms with Crippen molar-refractivity contribution in [2.45, 2.75) is 0 Å². The predicted octanol–water partition coefficient (Wildman–Crippen LogP) is 10.0. The molecule has 0 spiro atoms. The molecule has 0 atom stereocenters. The normalized spacial score (nSPS) is 11.6. The molecular weight excluding hydrogens is 480 g/mol. The number of rotatable bonds is 4. The monoisotopic (exact) mass is 502 g/mol. The van der Waals surface area contributed by atoms with Crippen LogP contribution >= 0.6 is 0 Å². The van der Waals surface area contributed by atoms with Crippen LogP contribution < -0.4 is 4.90 Å². The fourth-order valence-electron chi connectivity index (χ4n) is 5.57. The van der Waals surface area contributed by atoms with E-state index in [1.165, 1.54) is 0 Å². The van der Waals surface area contributed by atoms with E-state index in [4.69, 9.17) is 8.83 Å². The smallest absolute Gasteiger partial charge is 0.159 e. The molecule has 39 heavy (non-hydrogen) atoms. The molecule has 4 nitrogen and oxygen atoms in total. The van der Waals surface area contributed by atoms with E-state index in [2.05, 4.69) is 94.8 Å². The number of anilines is 3. The van der Waals surface area contributed by atoms with Gasteiger partial charge in [0.2, 0.25) is 0 Å². The second-order valence-electron chi connectivity index (χ2n) is 9.62. The lowest BCUT2D eigenvalue weighted by atomic mass is 10.1. The van der Waals surface area contributed by atoms with Gasteiger partial charge < -0.3 is 13.7 Å². The summed E-state index contributed by atoms with van der Waals surface area (Å²) in [5, 5.41) is 4.37. The van der Waals surface area contributed by atoms with Gasteiger partial charge in [-0.3, -0.25) is 4.98 Å². The van der Waals surface area contributed by atoms with E-state index < -0.39 is 0 Å². The number of hydrogen-bond donors (Lipinski definition) is 0. The maximum Gasteiger partial charge on any atom is 0.159 e. The minimum atomic E-state index is 0.838. The molecule has 0 saturated carbocycles. The standard InChI is InChI=1S/C35H22N2O2/c1-3-13-32-26(7-1)28-9-5-11-30(34(28)38-32)37(25-17-15-23(16-18-25)24-19-21-36-22-20-24)31-12-6-10-29-27-8-2-4-14-33(27)39-35(29)31/h1-22H. The summed E-state index contributed by atoms with van der Waals surface area (Å²) in [6, 6.07) is 41.7. The van der Waals surface area contributed by atoms with Crippen molar-refractivity contribution in [2.24, 2.45) is 0 Å². The van der Waals surface area contributed by atoms with E-state index in [-0.39, 0.29) is 0 Å². The molecule has 8 aromatic rings. The summed E-state index contributed by atoms with van der Waals surface area (Å²) in [6.07, 6.45) is 3.64. The molecule has 0 aliphatic carbocycles. The molecule has 0 unspecified atom stereocenters. The molecule has 0 bridgehead atoms. The number of fused-ring (bicyclic) bond motifs is 6. The Bertz CT molecular complexity index is 2010. The van der Waals surface area contributed by atoms with Crippen LogP contribution in [0.4, 0.5) is 17.1 Å². The average molecular weight is 503 g/mol. The van der Waals surface area contributed by atoms with Gasteiger partial charge in [0.15, 0.2) is 11.2 Å². The fourth-order valence-corrected chi connectivity index (χ4v) is 5.57. The van der Waals surface area contributed by atoms with Crippen LogP contribution in [0.1, 0.15) is 0 Å². The second-order valence-corrected chi connectivity index (χ2v) is 9.62. The predicted molar refractivity (Wildman–Crippen MR) is 159 cm³/mol. The van der Waals surface area contributed by atoms with Gasteiger partial charge in [-0.2, -0.15) is 0 Å². The van der Waals surface area contributed by atoms with Crippen molar-refractivity contribution in [1.29, 1.82) is 0 Å². The lowest BCUT2D eigenvalue weighted by molar-refractivity contribution is 0.666. The van der Waals surface area contributed by atoms with Crippen molar-refractivity contribution >= 4 is 60.9 Å².